The molecule has 0 bridgehead atoms. The van der Waals surface area contributed by atoms with Crippen LogP contribution in [0.1, 0.15) is 10.5 Å². The van der Waals surface area contributed by atoms with Gasteiger partial charge in [0.1, 0.15) is 12.4 Å². The highest BCUT2D eigenvalue weighted by Gasteiger charge is 2.27. The Kier molecular flexibility index (Phi) is 4.62. The van der Waals surface area contributed by atoms with Crippen molar-refractivity contribution in [2.24, 2.45) is 0 Å². The summed E-state index contributed by atoms with van der Waals surface area (Å²) in [6, 6.07) is 0. The first-order valence-corrected chi connectivity index (χ1v) is 4.90. The van der Waals surface area contributed by atoms with Crippen molar-refractivity contribution in [2.75, 3.05) is 18.4 Å². The molecule has 0 atom stereocenters. The fraction of sp³-hybridized carbons (Fsp3) is 0.333. The lowest BCUT2D eigenvalue weighted by Gasteiger charge is -2.09. The van der Waals surface area contributed by atoms with Crippen molar-refractivity contribution in [3.05, 3.63) is 18.1 Å². The SMILES string of the molecule is O=C(CNc1cnc(C(=O)O)cn1)NCC(F)(F)F. The normalized spacial score (nSPS) is 10.9. The molecule has 7 nitrogen and oxygen atoms in total. The van der Waals surface area contributed by atoms with E-state index in [0.717, 1.165) is 12.4 Å². The number of alkyl halides is 3. The van der Waals surface area contributed by atoms with Crippen molar-refractivity contribution in [1.82, 2.24) is 15.3 Å². The number of aromatic carboxylic acids is 1. The molecule has 1 aromatic heterocycles. The number of rotatable bonds is 5. The second kappa shape index (κ2) is 5.98. The minimum absolute atomic E-state index is 0.0761. The van der Waals surface area contributed by atoms with Gasteiger partial charge in [0.15, 0.2) is 5.69 Å². The molecule has 0 saturated carbocycles. The standard InChI is InChI=1S/C9H9F3N4O3/c10-9(11,12)4-16-7(17)3-15-6-2-13-5(1-14-6)8(18)19/h1-2H,3-4H2,(H,14,15)(H,16,17)(H,18,19). The van der Waals surface area contributed by atoms with Gasteiger partial charge in [0.2, 0.25) is 5.91 Å². The number of carbonyl (C=O) groups excluding carboxylic acids is 1. The quantitative estimate of drug-likeness (QED) is 0.714. The molecule has 0 aliphatic rings. The molecule has 0 aromatic carbocycles. The number of hydrogen-bond acceptors (Lipinski definition) is 5. The second-order valence-corrected chi connectivity index (χ2v) is 3.34. The molecule has 10 heteroatoms. The van der Waals surface area contributed by atoms with Crippen LogP contribution in [-0.4, -0.2) is 46.2 Å². The topological polar surface area (TPSA) is 104 Å². The molecule has 0 spiro atoms. The van der Waals surface area contributed by atoms with Crippen LogP contribution in [0.2, 0.25) is 0 Å². The van der Waals surface area contributed by atoms with Gasteiger partial charge >= 0.3 is 12.1 Å². The second-order valence-electron chi connectivity index (χ2n) is 3.34. The van der Waals surface area contributed by atoms with Crippen LogP contribution in [0.15, 0.2) is 12.4 Å². The Labute approximate surface area is 104 Å². The monoisotopic (exact) mass is 278 g/mol. The Balaban J connectivity index is 2.40. The number of halogens is 3. The number of aromatic nitrogens is 2. The fourth-order valence-electron chi connectivity index (χ4n) is 0.962. The molecule has 1 amide bonds. The van der Waals surface area contributed by atoms with E-state index >= 15 is 0 Å². The first kappa shape index (κ1) is 14.7. The lowest BCUT2D eigenvalue weighted by atomic mass is 10.4. The molecule has 19 heavy (non-hydrogen) atoms. The van der Waals surface area contributed by atoms with Gasteiger partial charge in [-0.05, 0) is 0 Å². The van der Waals surface area contributed by atoms with Gasteiger partial charge in [-0.2, -0.15) is 13.2 Å². The van der Waals surface area contributed by atoms with Gasteiger partial charge in [0, 0.05) is 0 Å². The Morgan fingerprint density at radius 1 is 1.26 bits per heavy atom. The molecular formula is C9H9F3N4O3. The number of nitrogens with zero attached hydrogens (tertiary/aromatic N) is 2. The molecule has 3 N–H and O–H groups in total. The summed E-state index contributed by atoms with van der Waals surface area (Å²) in [7, 11) is 0. The van der Waals surface area contributed by atoms with E-state index in [0.29, 0.717) is 0 Å². The van der Waals surface area contributed by atoms with E-state index in [-0.39, 0.29) is 11.5 Å². The lowest BCUT2D eigenvalue weighted by molar-refractivity contribution is -0.137. The molecular weight excluding hydrogens is 269 g/mol. The Morgan fingerprint density at radius 2 is 1.95 bits per heavy atom. The average molecular weight is 278 g/mol. The highest BCUT2D eigenvalue weighted by molar-refractivity contribution is 5.85. The summed E-state index contributed by atoms with van der Waals surface area (Å²) in [6.07, 6.45) is -2.46. The zero-order valence-electron chi connectivity index (χ0n) is 9.36. The summed E-state index contributed by atoms with van der Waals surface area (Å²) < 4.78 is 35.4. The minimum atomic E-state index is -4.47. The summed E-state index contributed by atoms with van der Waals surface area (Å²) in [5.74, 6) is -2.06. The maximum absolute atomic E-state index is 11.8. The van der Waals surface area contributed by atoms with Gasteiger partial charge in [-0.3, -0.25) is 4.79 Å². The van der Waals surface area contributed by atoms with Gasteiger partial charge in [0.25, 0.3) is 0 Å². The summed E-state index contributed by atoms with van der Waals surface area (Å²) in [5.41, 5.74) is -0.285. The maximum atomic E-state index is 11.8. The number of carboxylic acid groups (broad SMARTS) is 1. The lowest BCUT2D eigenvalue weighted by Crippen LogP contribution is -2.37. The highest BCUT2D eigenvalue weighted by atomic mass is 19.4. The van der Waals surface area contributed by atoms with Crippen LogP contribution in [-0.2, 0) is 4.79 Å². The van der Waals surface area contributed by atoms with Crippen molar-refractivity contribution >= 4 is 17.7 Å². The van der Waals surface area contributed by atoms with Crippen LogP contribution >= 0.6 is 0 Å². The smallest absolute Gasteiger partial charge is 0.405 e. The van der Waals surface area contributed by atoms with Crippen molar-refractivity contribution in [3.8, 4) is 0 Å². The predicted molar refractivity (Wildman–Crippen MR) is 56.5 cm³/mol. The average Bonchev–Trinajstić information content (AvgIpc) is 2.33. The third-order valence-corrected chi connectivity index (χ3v) is 1.79. The Bertz CT molecular complexity index is 461. The zero-order valence-corrected chi connectivity index (χ0v) is 9.36. The third-order valence-electron chi connectivity index (χ3n) is 1.79. The zero-order chi connectivity index (χ0) is 14.5. The molecule has 0 aliphatic carbocycles. The largest absolute Gasteiger partial charge is 0.476 e. The van der Waals surface area contributed by atoms with Crippen LogP contribution in [0.25, 0.3) is 0 Å². The number of carbonyl (C=O) groups is 2. The van der Waals surface area contributed by atoms with E-state index in [1.165, 1.54) is 0 Å². The molecule has 1 rings (SSSR count). The Morgan fingerprint density at radius 3 is 2.42 bits per heavy atom. The molecule has 0 radical (unpaired) electrons. The fourth-order valence-corrected chi connectivity index (χ4v) is 0.962. The van der Waals surface area contributed by atoms with E-state index < -0.39 is 31.1 Å². The molecule has 0 unspecified atom stereocenters. The number of carboxylic acids is 1. The van der Waals surface area contributed by atoms with Gasteiger partial charge in [0.05, 0.1) is 18.9 Å². The maximum Gasteiger partial charge on any atom is 0.405 e. The van der Waals surface area contributed by atoms with Crippen molar-refractivity contribution in [2.45, 2.75) is 6.18 Å². The van der Waals surface area contributed by atoms with Crippen molar-refractivity contribution in [1.29, 1.82) is 0 Å². The van der Waals surface area contributed by atoms with Crippen LogP contribution < -0.4 is 10.6 Å². The van der Waals surface area contributed by atoms with Crippen molar-refractivity contribution < 1.29 is 27.9 Å². The Hall–Kier alpha value is -2.39. The van der Waals surface area contributed by atoms with E-state index in [4.69, 9.17) is 5.11 Å². The van der Waals surface area contributed by atoms with Crippen molar-refractivity contribution in [3.63, 3.8) is 0 Å². The first-order chi connectivity index (χ1) is 8.78. The van der Waals surface area contributed by atoms with Crippen LogP contribution in [0.5, 0.6) is 0 Å². The van der Waals surface area contributed by atoms with Crippen LogP contribution in [0.4, 0.5) is 19.0 Å². The van der Waals surface area contributed by atoms with E-state index in [2.05, 4.69) is 15.3 Å². The molecule has 1 aromatic rings. The summed E-state index contributed by atoms with van der Waals surface area (Å²) in [5, 5.41) is 12.6. The highest BCUT2D eigenvalue weighted by Crippen LogP contribution is 2.11. The minimum Gasteiger partial charge on any atom is -0.476 e. The number of nitrogens with one attached hydrogen (secondary N) is 2. The summed E-state index contributed by atoms with van der Waals surface area (Å²) in [4.78, 5) is 28.6. The molecule has 104 valence electrons. The predicted octanol–water partition coefficient (Wildman–Crippen LogP) is 0.265. The van der Waals surface area contributed by atoms with Crippen LogP contribution in [0.3, 0.4) is 0 Å². The molecule has 1 heterocycles. The summed E-state index contributed by atoms with van der Waals surface area (Å²) >= 11 is 0. The van der Waals surface area contributed by atoms with Gasteiger partial charge in [-0.15, -0.1) is 0 Å². The molecule has 0 aliphatic heterocycles. The first-order valence-electron chi connectivity index (χ1n) is 4.90. The van der Waals surface area contributed by atoms with Crippen LogP contribution in [0, 0.1) is 0 Å². The van der Waals surface area contributed by atoms with E-state index in [1.807, 2.05) is 0 Å². The number of amides is 1. The van der Waals surface area contributed by atoms with E-state index in [1.54, 1.807) is 5.32 Å². The molecule has 0 fully saturated rings. The number of anilines is 1. The van der Waals surface area contributed by atoms with Gasteiger partial charge < -0.3 is 15.7 Å². The molecule has 0 saturated heterocycles. The summed E-state index contributed by atoms with van der Waals surface area (Å²) in [6.45, 7) is -1.85. The third kappa shape index (κ3) is 5.66. The number of hydrogen-bond donors (Lipinski definition) is 3. The van der Waals surface area contributed by atoms with Gasteiger partial charge in [-0.1, -0.05) is 0 Å². The van der Waals surface area contributed by atoms with Gasteiger partial charge in [-0.25, -0.2) is 14.8 Å². The van der Waals surface area contributed by atoms with E-state index in [9.17, 15) is 22.8 Å².